The number of halogens is 1. The van der Waals surface area contributed by atoms with Crippen LogP contribution in [0.15, 0.2) is 84.9 Å². The zero-order valence-electron chi connectivity index (χ0n) is 24.8. The Morgan fingerprint density at radius 3 is 2.02 bits per heavy atom. The van der Waals surface area contributed by atoms with Gasteiger partial charge in [-0.25, -0.2) is 4.39 Å². The quantitative estimate of drug-likeness (QED) is 0.204. The second-order valence-electron chi connectivity index (χ2n) is 10.7. The summed E-state index contributed by atoms with van der Waals surface area (Å²) in [5.74, 6) is -2.05. The van der Waals surface area contributed by atoms with Crippen LogP contribution in [0.3, 0.4) is 0 Å². The molecule has 0 spiro atoms. The monoisotopic (exact) mass is 594 g/mol. The number of aliphatic hydroxyl groups is 2. The van der Waals surface area contributed by atoms with Crippen LogP contribution in [0.25, 0.3) is 22.3 Å². The normalized spacial score (nSPS) is 12.4. The van der Waals surface area contributed by atoms with Gasteiger partial charge in [0.25, 0.3) is 5.91 Å². The van der Waals surface area contributed by atoms with Gasteiger partial charge in [0, 0.05) is 41.8 Å². The average Bonchev–Trinajstić information content (AvgIpc) is 3.31. The number of hydrogen-bond acceptors (Lipinski definition) is 5. The van der Waals surface area contributed by atoms with Crippen LogP contribution in [-0.4, -0.2) is 38.9 Å². The van der Waals surface area contributed by atoms with Gasteiger partial charge in [0.05, 0.1) is 12.2 Å². The summed E-state index contributed by atoms with van der Waals surface area (Å²) in [6.45, 7) is 4.27. The maximum Gasteiger partial charge on any atom is 1.00 e. The molecule has 0 aliphatic carbocycles. The molecule has 0 bridgehead atoms. The summed E-state index contributed by atoms with van der Waals surface area (Å²) in [4.78, 5) is 24.9. The fourth-order valence-corrected chi connectivity index (χ4v) is 5.36. The number of carboxylic acids is 1. The Morgan fingerprint density at radius 2 is 1.44 bits per heavy atom. The van der Waals surface area contributed by atoms with E-state index in [1.165, 1.54) is 12.1 Å². The smallest absolute Gasteiger partial charge is 0.550 e. The van der Waals surface area contributed by atoms with Crippen molar-refractivity contribution in [1.29, 1.82) is 0 Å². The van der Waals surface area contributed by atoms with E-state index in [2.05, 4.69) is 5.32 Å². The first kappa shape index (κ1) is 34.2. The van der Waals surface area contributed by atoms with E-state index in [1.807, 2.05) is 79.1 Å². The molecule has 0 saturated carbocycles. The minimum Gasteiger partial charge on any atom is -0.550 e. The van der Waals surface area contributed by atoms with Crippen LogP contribution in [0.5, 0.6) is 0 Å². The van der Waals surface area contributed by atoms with Crippen molar-refractivity contribution in [3.63, 3.8) is 0 Å². The van der Waals surface area contributed by atoms with Crippen LogP contribution < -0.4 is 40.0 Å². The Bertz CT molecular complexity index is 1490. The number of benzene rings is 3. The van der Waals surface area contributed by atoms with E-state index >= 15 is 0 Å². The Hall–Kier alpha value is -3.27. The van der Waals surface area contributed by atoms with E-state index in [0.717, 1.165) is 22.4 Å². The molecule has 2 unspecified atom stereocenters. The molecule has 9 heteroatoms. The molecule has 0 fully saturated rings. The number of amides is 1. The molecule has 4 rings (SSSR count). The van der Waals surface area contributed by atoms with Gasteiger partial charge >= 0.3 is 29.6 Å². The van der Waals surface area contributed by atoms with E-state index in [0.29, 0.717) is 29.8 Å². The molecule has 0 saturated heterocycles. The molecule has 1 heterocycles. The third-order valence-electron chi connectivity index (χ3n) is 7.19. The fourth-order valence-electron chi connectivity index (χ4n) is 5.36. The van der Waals surface area contributed by atoms with Gasteiger partial charge < -0.3 is 30.0 Å². The van der Waals surface area contributed by atoms with Gasteiger partial charge in [-0.3, -0.25) is 4.79 Å². The number of rotatable bonds is 13. The molecule has 3 N–H and O–H groups in total. The summed E-state index contributed by atoms with van der Waals surface area (Å²) in [5, 5.41) is 34.7. The molecule has 0 radical (unpaired) electrons. The van der Waals surface area contributed by atoms with Gasteiger partial charge in [-0.15, -0.1) is 0 Å². The van der Waals surface area contributed by atoms with Crippen molar-refractivity contribution in [2.24, 2.45) is 0 Å². The molecular weight excluding hydrogens is 558 g/mol. The van der Waals surface area contributed by atoms with Crippen molar-refractivity contribution in [2.45, 2.75) is 64.3 Å². The van der Waals surface area contributed by atoms with Crippen LogP contribution in [0.1, 0.15) is 60.9 Å². The first-order valence-corrected chi connectivity index (χ1v) is 14.1. The SMILES string of the molecule is CC(C)n1c(CCC(O)CC(O)CC(=O)[O-])c(-c2ccc(F)cc2)c(-c2ccccc2)c1C(=O)NCc1ccccc1.[Na+]. The molecule has 220 valence electrons. The minimum atomic E-state index is -1.39. The van der Waals surface area contributed by atoms with Gasteiger partial charge in [0.2, 0.25) is 0 Å². The Balaban J connectivity index is 0.00000506. The number of nitrogens with zero attached hydrogens (tertiary/aromatic N) is 1. The summed E-state index contributed by atoms with van der Waals surface area (Å²) in [6.07, 6.45) is -2.41. The second-order valence-corrected chi connectivity index (χ2v) is 10.7. The standard InChI is InChI=1S/C34H37FN2O5.Na/c1-22(2)37-29(18-17-27(38)19-28(39)20-30(40)41)31(25-13-15-26(35)16-14-25)32(24-11-7-4-8-12-24)33(37)34(42)36-21-23-9-5-3-6-10-23;/h3-16,22,27-28,38-39H,17-21H2,1-2H3,(H,36,42)(H,40,41);/q;+1/p-1. The van der Waals surface area contributed by atoms with E-state index in [1.54, 1.807) is 12.1 Å². The number of aliphatic carboxylic acids is 1. The molecule has 4 aromatic rings. The van der Waals surface area contributed by atoms with Crippen molar-refractivity contribution in [1.82, 2.24) is 9.88 Å². The zero-order valence-corrected chi connectivity index (χ0v) is 26.8. The number of nitrogens with one attached hydrogen (secondary N) is 1. The maximum atomic E-state index is 14.0. The van der Waals surface area contributed by atoms with Crippen LogP contribution in [0.4, 0.5) is 4.39 Å². The van der Waals surface area contributed by atoms with Gasteiger partial charge in [0.1, 0.15) is 11.5 Å². The summed E-state index contributed by atoms with van der Waals surface area (Å²) >= 11 is 0. The molecule has 7 nitrogen and oxygen atoms in total. The van der Waals surface area contributed by atoms with Crippen molar-refractivity contribution in [3.8, 4) is 22.3 Å². The van der Waals surface area contributed by atoms with Gasteiger partial charge in [-0.2, -0.15) is 0 Å². The van der Waals surface area contributed by atoms with Gasteiger partial charge in [0.15, 0.2) is 0 Å². The van der Waals surface area contributed by atoms with Crippen molar-refractivity contribution >= 4 is 11.9 Å². The van der Waals surface area contributed by atoms with E-state index in [-0.39, 0.29) is 60.2 Å². The summed E-state index contributed by atoms with van der Waals surface area (Å²) in [5.41, 5.74) is 5.15. The molecule has 3 aromatic carbocycles. The van der Waals surface area contributed by atoms with Gasteiger partial charge in [-0.1, -0.05) is 72.8 Å². The first-order chi connectivity index (χ1) is 20.2. The largest absolute Gasteiger partial charge is 1.00 e. The topological polar surface area (TPSA) is 115 Å². The molecule has 0 aliphatic rings. The minimum absolute atomic E-state index is 0. The van der Waals surface area contributed by atoms with Crippen molar-refractivity contribution in [3.05, 3.63) is 108 Å². The average molecular weight is 595 g/mol. The maximum absolute atomic E-state index is 14.0. The number of aliphatic hydroxyl groups excluding tert-OH is 2. The summed E-state index contributed by atoms with van der Waals surface area (Å²) < 4.78 is 16.0. The predicted molar refractivity (Wildman–Crippen MR) is 158 cm³/mol. The number of hydrogen-bond donors (Lipinski definition) is 3. The number of carbonyl (C=O) groups excluding carboxylic acids is 2. The Morgan fingerprint density at radius 1 is 0.860 bits per heavy atom. The molecule has 1 amide bonds. The fraction of sp³-hybridized carbons (Fsp3) is 0.294. The number of carbonyl (C=O) groups is 2. The molecular formula is C34H36FN2NaO5. The number of carboxylic acid groups (broad SMARTS) is 1. The second kappa shape index (κ2) is 16.0. The predicted octanol–water partition coefficient (Wildman–Crippen LogP) is 1.66. The Labute approximate surface area is 273 Å². The van der Waals surface area contributed by atoms with Crippen LogP contribution in [0.2, 0.25) is 0 Å². The third kappa shape index (κ3) is 8.87. The summed E-state index contributed by atoms with van der Waals surface area (Å²) in [7, 11) is 0. The van der Waals surface area contributed by atoms with Crippen molar-refractivity contribution < 1.29 is 58.9 Å². The van der Waals surface area contributed by atoms with E-state index in [4.69, 9.17) is 0 Å². The third-order valence-corrected chi connectivity index (χ3v) is 7.19. The van der Waals surface area contributed by atoms with E-state index in [9.17, 15) is 29.3 Å². The van der Waals surface area contributed by atoms with E-state index < -0.39 is 24.6 Å². The summed E-state index contributed by atoms with van der Waals surface area (Å²) in [6, 6.07) is 25.1. The van der Waals surface area contributed by atoms with Crippen molar-refractivity contribution in [2.75, 3.05) is 0 Å². The van der Waals surface area contributed by atoms with Gasteiger partial charge in [-0.05, 0) is 61.9 Å². The first-order valence-electron chi connectivity index (χ1n) is 14.1. The molecule has 2 atom stereocenters. The zero-order chi connectivity index (χ0) is 30.2. The molecule has 0 aliphatic heterocycles. The van der Waals surface area contributed by atoms with Crippen LogP contribution in [0, 0.1) is 5.82 Å². The van der Waals surface area contributed by atoms with Crippen LogP contribution >= 0.6 is 0 Å². The Kier molecular flexibility index (Phi) is 12.7. The number of aromatic nitrogens is 1. The molecule has 43 heavy (non-hydrogen) atoms. The molecule has 1 aromatic heterocycles. The van der Waals surface area contributed by atoms with Crippen LogP contribution in [-0.2, 0) is 17.8 Å².